The number of hydrogen-bond donors (Lipinski definition) is 0. The molecule has 3 rings (SSSR count). The summed E-state index contributed by atoms with van der Waals surface area (Å²) < 4.78 is 1.18. The number of piperidine rings is 2. The van der Waals surface area contributed by atoms with Crippen LogP contribution in [0.4, 0.5) is 0 Å². The van der Waals surface area contributed by atoms with E-state index in [1.165, 1.54) is 61.8 Å². The van der Waals surface area contributed by atoms with Crippen LogP contribution in [-0.4, -0.2) is 48.4 Å². The zero-order valence-corrected chi connectivity index (χ0v) is 18.1. The van der Waals surface area contributed by atoms with Crippen LogP contribution in [0.25, 0.3) is 0 Å². The Morgan fingerprint density at radius 2 is 1.77 bits per heavy atom. The van der Waals surface area contributed by atoms with Crippen molar-refractivity contribution in [2.24, 2.45) is 11.8 Å². The lowest BCUT2D eigenvalue weighted by molar-refractivity contribution is -0.130. The van der Waals surface area contributed by atoms with Gasteiger partial charge in [0.05, 0.1) is 0 Å². The molecule has 0 radical (unpaired) electrons. The van der Waals surface area contributed by atoms with Gasteiger partial charge in [-0.3, -0.25) is 4.79 Å². The maximum Gasteiger partial charge on any atom is 0.219 e. The minimum atomic E-state index is 0.233. The number of likely N-dealkylation sites (tertiary alicyclic amines) is 2. The van der Waals surface area contributed by atoms with Crippen molar-refractivity contribution >= 4 is 33.4 Å². The van der Waals surface area contributed by atoms with Crippen LogP contribution in [0.15, 0.2) is 22.7 Å². The van der Waals surface area contributed by atoms with Gasteiger partial charge in [-0.15, -0.1) is 0 Å². The fourth-order valence-corrected chi connectivity index (χ4v) is 4.93. The lowest BCUT2D eigenvalue weighted by Crippen LogP contribution is -2.39. The predicted molar refractivity (Wildman–Crippen MR) is 112 cm³/mol. The molecule has 144 valence electrons. The van der Waals surface area contributed by atoms with Gasteiger partial charge in [0.25, 0.3) is 0 Å². The van der Waals surface area contributed by atoms with Gasteiger partial charge in [0.2, 0.25) is 5.91 Å². The van der Waals surface area contributed by atoms with Gasteiger partial charge in [0, 0.05) is 29.5 Å². The third kappa shape index (κ3) is 5.71. The minimum Gasteiger partial charge on any atom is -0.343 e. The van der Waals surface area contributed by atoms with Gasteiger partial charge < -0.3 is 9.80 Å². The Morgan fingerprint density at radius 3 is 2.42 bits per heavy atom. The summed E-state index contributed by atoms with van der Waals surface area (Å²) in [6, 6.07) is 6.11. The first-order valence-electron chi connectivity index (χ1n) is 9.93. The zero-order chi connectivity index (χ0) is 18.5. The molecule has 1 amide bonds. The first kappa shape index (κ1) is 20.2. The SMILES string of the molecule is CC(=O)N1CCC(CCN2CCC(Cc3cc(Cl)ccc3Br)CC2)CC1. The van der Waals surface area contributed by atoms with E-state index in [0.29, 0.717) is 0 Å². The standard InChI is InChI=1S/C21H30BrClN2O/c1-16(26)25-12-7-17(8-13-25)4-9-24-10-5-18(6-11-24)14-19-15-20(23)2-3-21(19)22/h2-3,15,17-18H,4-14H2,1H3. The number of halogens is 2. The number of hydrogen-bond acceptors (Lipinski definition) is 2. The van der Waals surface area contributed by atoms with E-state index in [1.54, 1.807) is 6.92 Å². The molecule has 1 aromatic rings. The molecule has 2 heterocycles. The Hall–Kier alpha value is -0.580. The molecule has 0 bridgehead atoms. The average Bonchev–Trinajstić information content (AvgIpc) is 2.64. The van der Waals surface area contributed by atoms with Gasteiger partial charge in [0.1, 0.15) is 0 Å². The second-order valence-electron chi connectivity index (χ2n) is 7.96. The van der Waals surface area contributed by atoms with Gasteiger partial charge in [-0.1, -0.05) is 27.5 Å². The Balaban J connectivity index is 1.36. The molecule has 0 unspecified atom stereocenters. The monoisotopic (exact) mass is 440 g/mol. The Kier molecular flexibility index (Phi) is 7.42. The molecule has 0 aliphatic carbocycles. The quantitative estimate of drug-likeness (QED) is 0.641. The van der Waals surface area contributed by atoms with Gasteiger partial charge in [-0.2, -0.15) is 0 Å². The van der Waals surface area contributed by atoms with Crippen molar-refractivity contribution in [1.29, 1.82) is 0 Å². The highest BCUT2D eigenvalue weighted by Gasteiger charge is 2.23. The van der Waals surface area contributed by atoms with Gasteiger partial charge in [-0.05, 0) is 93.8 Å². The highest BCUT2D eigenvalue weighted by atomic mass is 79.9. The van der Waals surface area contributed by atoms with Crippen molar-refractivity contribution < 1.29 is 4.79 Å². The largest absolute Gasteiger partial charge is 0.343 e. The van der Waals surface area contributed by atoms with E-state index in [9.17, 15) is 4.79 Å². The lowest BCUT2D eigenvalue weighted by Gasteiger charge is -2.35. The van der Waals surface area contributed by atoms with Crippen molar-refractivity contribution in [3.8, 4) is 0 Å². The van der Waals surface area contributed by atoms with Crippen molar-refractivity contribution in [3.05, 3.63) is 33.3 Å². The molecule has 5 heteroatoms. The van der Waals surface area contributed by atoms with Crippen LogP contribution in [-0.2, 0) is 11.2 Å². The summed E-state index contributed by atoms with van der Waals surface area (Å²) in [4.78, 5) is 16.1. The van der Waals surface area contributed by atoms with E-state index in [1.807, 2.05) is 11.0 Å². The van der Waals surface area contributed by atoms with Crippen LogP contribution >= 0.6 is 27.5 Å². The zero-order valence-electron chi connectivity index (χ0n) is 15.7. The highest BCUT2D eigenvalue weighted by Crippen LogP contribution is 2.28. The third-order valence-corrected chi connectivity index (χ3v) is 7.15. The molecule has 0 spiro atoms. The normalized spacial score (nSPS) is 20.5. The van der Waals surface area contributed by atoms with E-state index in [4.69, 9.17) is 11.6 Å². The molecule has 2 saturated heterocycles. The van der Waals surface area contributed by atoms with E-state index in [-0.39, 0.29) is 5.91 Å². The highest BCUT2D eigenvalue weighted by molar-refractivity contribution is 9.10. The second-order valence-corrected chi connectivity index (χ2v) is 9.25. The molecule has 2 aliphatic heterocycles. The number of benzene rings is 1. The molecule has 0 saturated carbocycles. The number of rotatable bonds is 5. The molecule has 2 aliphatic rings. The van der Waals surface area contributed by atoms with E-state index in [0.717, 1.165) is 36.4 Å². The molecule has 2 fully saturated rings. The van der Waals surface area contributed by atoms with Crippen LogP contribution < -0.4 is 0 Å². The maximum absolute atomic E-state index is 11.4. The third-order valence-electron chi connectivity index (χ3n) is 6.14. The summed E-state index contributed by atoms with van der Waals surface area (Å²) in [6.45, 7) is 7.25. The minimum absolute atomic E-state index is 0.233. The van der Waals surface area contributed by atoms with E-state index < -0.39 is 0 Å². The molecule has 1 aromatic carbocycles. The van der Waals surface area contributed by atoms with Gasteiger partial charge in [-0.25, -0.2) is 0 Å². The van der Waals surface area contributed by atoms with Crippen molar-refractivity contribution in [3.63, 3.8) is 0 Å². The number of amides is 1. The number of carbonyl (C=O) groups is 1. The van der Waals surface area contributed by atoms with E-state index >= 15 is 0 Å². The second kappa shape index (κ2) is 9.57. The number of carbonyl (C=O) groups excluding carboxylic acids is 1. The first-order chi connectivity index (χ1) is 12.5. The average molecular weight is 442 g/mol. The summed E-state index contributed by atoms with van der Waals surface area (Å²) in [5, 5.41) is 0.830. The van der Waals surface area contributed by atoms with E-state index in [2.05, 4.69) is 33.0 Å². The summed E-state index contributed by atoms with van der Waals surface area (Å²) in [6.07, 6.45) is 7.33. The van der Waals surface area contributed by atoms with Gasteiger partial charge >= 0.3 is 0 Å². The van der Waals surface area contributed by atoms with Crippen LogP contribution in [0.3, 0.4) is 0 Å². The topological polar surface area (TPSA) is 23.6 Å². The molecule has 3 nitrogen and oxygen atoms in total. The fraction of sp³-hybridized carbons (Fsp3) is 0.667. The van der Waals surface area contributed by atoms with Crippen molar-refractivity contribution in [2.75, 3.05) is 32.7 Å². The Bertz CT molecular complexity index is 608. The molecule has 26 heavy (non-hydrogen) atoms. The Labute approximate surface area is 171 Å². The van der Waals surface area contributed by atoms with Crippen LogP contribution in [0.5, 0.6) is 0 Å². The van der Waals surface area contributed by atoms with Gasteiger partial charge in [0.15, 0.2) is 0 Å². The van der Waals surface area contributed by atoms with Crippen LogP contribution in [0.2, 0.25) is 5.02 Å². The summed E-state index contributed by atoms with van der Waals surface area (Å²) >= 11 is 9.81. The maximum atomic E-state index is 11.4. The predicted octanol–water partition coefficient (Wildman–Crippen LogP) is 5.01. The molecule has 0 aromatic heterocycles. The number of nitrogens with zero attached hydrogens (tertiary/aromatic N) is 2. The Morgan fingerprint density at radius 1 is 1.12 bits per heavy atom. The summed E-state index contributed by atoms with van der Waals surface area (Å²) in [5.74, 6) is 1.79. The smallest absolute Gasteiger partial charge is 0.219 e. The molecule has 0 N–H and O–H groups in total. The summed E-state index contributed by atoms with van der Waals surface area (Å²) in [5.41, 5.74) is 1.34. The molecule has 0 atom stereocenters. The molecular formula is C21H30BrClN2O. The van der Waals surface area contributed by atoms with Crippen LogP contribution in [0.1, 0.15) is 44.6 Å². The first-order valence-corrected chi connectivity index (χ1v) is 11.1. The lowest BCUT2D eigenvalue weighted by atomic mass is 9.89. The van der Waals surface area contributed by atoms with Crippen molar-refractivity contribution in [1.82, 2.24) is 9.80 Å². The fourth-order valence-electron chi connectivity index (χ4n) is 4.33. The van der Waals surface area contributed by atoms with Crippen molar-refractivity contribution in [2.45, 2.75) is 45.4 Å². The summed E-state index contributed by atoms with van der Waals surface area (Å²) in [7, 11) is 0. The van der Waals surface area contributed by atoms with Crippen LogP contribution in [0, 0.1) is 11.8 Å². The molecular weight excluding hydrogens is 412 g/mol.